The summed E-state index contributed by atoms with van der Waals surface area (Å²) in [6, 6.07) is 8.69. The Morgan fingerprint density at radius 1 is 1.07 bits per heavy atom. The molecular weight excluding hydrogens is 394 g/mol. The number of nitrogens with zero attached hydrogens (tertiary/aromatic N) is 3. The SMILES string of the molecule is CSc1cccc(N2CCN(CCCCN3C(=O)CS(=O)(=O)C3(C)C)CC2)c1. The minimum absolute atomic E-state index is 0.258. The van der Waals surface area contributed by atoms with Crippen LogP contribution in [0.1, 0.15) is 26.7 Å². The van der Waals surface area contributed by atoms with Gasteiger partial charge >= 0.3 is 0 Å². The molecule has 1 amide bonds. The Labute approximate surface area is 173 Å². The van der Waals surface area contributed by atoms with Gasteiger partial charge in [0.1, 0.15) is 10.6 Å². The highest BCUT2D eigenvalue weighted by Gasteiger charge is 2.50. The third kappa shape index (κ3) is 4.49. The molecule has 6 nitrogen and oxygen atoms in total. The van der Waals surface area contributed by atoms with Gasteiger partial charge in [0.15, 0.2) is 9.84 Å². The summed E-state index contributed by atoms with van der Waals surface area (Å²) in [6.07, 6.45) is 3.91. The van der Waals surface area contributed by atoms with Gasteiger partial charge in [0.05, 0.1) is 0 Å². The van der Waals surface area contributed by atoms with E-state index in [0.717, 1.165) is 45.6 Å². The fourth-order valence-electron chi connectivity index (χ4n) is 3.92. The predicted octanol–water partition coefficient (Wildman–Crippen LogP) is 2.30. The molecule has 0 saturated carbocycles. The van der Waals surface area contributed by atoms with Gasteiger partial charge in [-0.05, 0) is 57.7 Å². The average Bonchev–Trinajstić information content (AvgIpc) is 2.82. The van der Waals surface area contributed by atoms with E-state index >= 15 is 0 Å². The number of amides is 1. The van der Waals surface area contributed by atoms with Crippen LogP contribution in [-0.2, 0) is 14.6 Å². The van der Waals surface area contributed by atoms with Crippen molar-refractivity contribution < 1.29 is 13.2 Å². The highest BCUT2D eigenvalue weighted by molar-refractivity contribution is 7.98. The molecule has 2 aliphatic heterocycles. The van der Waals surface area contributed by atoms with Crippen molar-refractivity contribution in [2.24, 2.45) is 0 Å². The first kappa shape index (κ1) is 21.5. The zero-order chi connectivity index (χ0) is 20.4. The van der Waals surface area contributed by atoms with Crippen molar-refractivity contribution >= 4 is 33.2 Å². The highest BCUT2D eigenvalue weighted by Crippen LogP contribution is 2.30. The Hall–Kier alpha value is -1.25. The van der Waals surface area contributed by atoms with Crippen LogP contribution < -0.4 is 4.90 Å². The lowest BCUT2D eigenvalue weighted by molar-refractivity contribution is -0.129. The van der Waals surface area contributed by atoms with Crippen LogP contribution in [0.4, 0.5) is 5.69 Å². The molecule has 0 atom stereocenters. The number of piperazine rings is 1. The van der Waals surface area contributed by atoms with Crippen LogP contribution in [0, 0.1) is 0 Å². The second kappa shape index (κ2) is 8.63. The number of hydrogen-bond acceptors (Lipinski definition) is 6. The molecule has 2 fully saturated rings. The first-order chi connectivity index (χ1) is 13.2. The fourth-order valence-corrected chi connectivity index (χ4v) is 5.74. The van der Waals surface area contributed by atoms with Gasteiger partial charge in [-0.15, -0.1) is 11.8 Å². The zero-order valence-electron chi connectivity index (χ0n) is 17.1. The Bertz CT molecular complexity index is 803. The minimum atomic E-state index is -3.36. The number of benzene rings is 1. The Morgan fingerprint density at radius 3 is 2.36 bits per heavy atom. The van der Waals surface area contributed by atoms with Crippen molar-refractivity contribution in [3.63, 3.8) is 0 Å². The number of anilines is 1. The molecule has 0 radical (unpaired) electrons. The molecule has 2 heterocycles. The van der Waals surface area contributed by atoms with Crippen molar-refractivity contribution in [3.8, 4) is 0 Å². The van der Waals surface area contributed by atoms with E-state index in [0.29, 0.717) is 6.54 Å². The standard InChI is InChI=1S/C20H31N3O3S2/c1-20(2)23(19(24)16-28(20,25)26)10-5-4-9-21-11-13-22(14-12-21)17-7-6-8-18(15-17)27-3/h6-8,15H,4-5,9-14,16H2,1-3H3. The number of rotatable bonds is 7. The van der Waals surface area contributed by atoms with Crippen LogP contribution in [-0.4, -0.2) is 80.3 Å². The summed E-state index contributed by atoms with van der Waals surface area (Å²) < 4.78 is 24.2. The van der Waals surface area contributed by atoms with Crippen molar-refractivity contribution in [2.75, 3.05) is 56.2 Å². The van der Waals surface area contributed by atoms with Gasteiger partial charge in [-0.2, -0.15) is 0 Å². The van der Waals surface area contributed by atoms with E-state index in [1.165, 1.54) is 10.6 Å². The van der Waals surface area contributed by atoms with E-state index in [-0.39, 0.29) is 11.7 Å². The van der Waals surface area contributed by atoms with Crippen molar-refractivity contribution in [1.82, 2.24) is 9.80 Å². The maximum atomic E-state index is 12.1. The van der Waals surface area contributed by atoms with Gasteiger partial charge < -0.3 is 9.80 Å². The number of hydrogen-bond donors (Lipinski definition) is 0. The van der Waals surface area contributed by atoms with Crippen LogP contribution in [0.15, 0.2) is 29.2 Å². The molecular formula is C20H31N3O3S2. The lowest BCUT2D eigenvalue weighted by atomic mass is 10.2. The van der Waals surface area contributed by atoms with E-state index < -0.39 is 14.7 Å². The van der Waals surface area contributed by atoms with Gasteiger partial charge in [-0.1, -0.05) is 6.07 Å². The molecule has 156 valence electrons. The summed E-state index contributed by atoms with van der Waals surface area (Å²) in [4.78, 5) is 18.7. The number of sulfone groups is 1. The molecule has 0 aromatic heterocycles. The molecule has 2 saturated heterocycles. The number of thioether (sulfide) groups is 1. The lowest BCUT2D eigenvalue weighted by Crippen LogP contribution is -2.47. The molecule has 0 N–H and O–H groups in total. The third-order valence-corrected chi connectivity index (χ3v) is 9.02. The highest BCUT2D eigenvalue weighted by atomic mass is 32.2. The van der Waals surface area contributed by atoms with Gasteiger partial charge in [0, 0.05) is 43.3 Å². The van der Waals surface area contributed by atoms with E-state index in [4.69, 9.17) is 0 Å². The summed E-state index contributed by atoms with van der Waals surface area (Å²) in [5.74, 6) is -0.606. The first-order valence-corrected chi connectivity index (χ1v) is 12.8. The van der Waals surface area contributed by atoms with Crippen molar-refractivity contribution in [3.05, 3.63) is 24.3 Å². The van der Waals surface area contributed by atoms with E-state index in [2.05, 4.69) is 40.3 Å². The maximum absolute atomic E-state index is 12.1. The minimum Gasteiger partial charge on any atom is -0.369 e. The van der Waals surface area contributed by atoms with Crippen LogP contribution in [0.3, 0.4) is 0 Å². The van der Waals surface area contributed by atoms with Crippen LogP contribution >= 0.6 is 11.8 Å². The first-order valence-electron chi connectivity index (χ1n) is 9.89. The van der Waals surface area contributed by atoms with Gasteiger partial charge in [0.25, 0.3) is 0 Å². The van der Waals surface area contributed by atoms with Crippen LogP contribution in [0.5, 0.6) is 0 Å². The quantitative estimate of drug-likeness (QED) is 0.494. The Balaban J connectivity index is 1.41. The molecule has 3 rings (SSSR count). The van der Waals surface area contributed by atoms with E-state index in [1.807, 2.05) is 0 Å². The summed E-state index contributed by atoms with van der Waals surface area (Å²) in [5.41, 5.74) is 1.29. The maximum Gasteiger partial charge on any atom is 0.239 e. The molecule has 0 spiro atoms. The molecule has 0 bridgehead atoms. The summed E-state index contributed by atoms with van der Waals surface area (Å²) >= 11 is 1.77. The molecule has 28 heavy (non-hydrogen) atoms. The number of carbonyl (C=O) groups excluding carboxylic acids is 1. The van der Waals surface area contributed by atoms with Crippen LogP contribution in [0.25, 0.3) is 0 Å². The molecule has 1 aromatic rings. The largest absolute Gasteiger partial charge is 0.369 e. The van der Waals surface area contributed by atoms with Crippen molar-refractivity contribution in [1.29, 1.82) is 0 Å². The molecule has 2 aliphatic rings. The molecule has 8 heteroatoms. The number of carbonyl (C=O) groups is 1. The average molecular weight is 426 g/mol. The second-order valence-corrected chi connectivity index (χ2v) is 11.4. The predicted molar refractivity (Wildman–Crippen MR) is 116 cm³/mol. The molecule has 0 aliphatic carbocycles. The lowest BCUT2D eigenvalue weighted by Gasteiger charge is -2.36. The smallest absolute Gasteiger partial charge is 0.239 e. The summed E-state index contributed by atoms with van der Waals surface area (Å²) in [5, 5.41) is 0. The number of unbranched alkanes of at least 4 members (excludes halogenated alkanes) is 1. The monoisotopic (exact) mass is 425 g/mol. The van der Waals surface area contributed by atoms with Gasteiger partial charge in [0.2, 0.25) is 5.91 Å². The topological polar surface area (TPSA) is 60.9 Å². The third-order valence-electron chi connectivity index (χ3n) is 5.92. The van der Waals surface area contributed by atoms with Crippen molar-refractivity contribution in [2.45, 2.75) is 36.5 Å². The molecule has 0 unspecified atom stereocenters. The molecule has 1 aromatic carbocycles. The van der Waals surface area contributed by atoms with Gasteiger partial charge in [-0.3, -0.25) is 9.69 Å². The Morgan fingerprint density at radius 2 is 1.75 bits per heavy atom. The fraction of sp³-hybridized carbons (Fsp3) is 0.650. The van der Waals surface area contributed by atoms with Gasteiger partial charge in [-0.25, -0.2) is 8.42 Å². The Kier molecular flexibility index (Phi) is 6.61. The second-order valence-electron chi connectivity index (χ2n) is 7.99. The summed E-state index contributed by atoms with van der Waals surface area (Å²) in [7, 11) is -3.36. The van der Waals surface area contributed by atoms with Crippen LogP contribution in [0.2, 0.25) is 0 Å². The summed E-state index contributed by atoms with van der Waals surface area (Å²) in [6.45, 7) is 8.90. The zero-order valence-corrected chi connectivity index (χ0v) is 18.7. The van der Waals surface area contributed by atoms with E-state index in [9.17, 15) is 13.2 Å². The van der Waals surface area contributed by atoms with E-state index in [1.54, 1.807) is 30.5 Å². The normalized spacial score (nSPS) is 22.0.